The van der Waals surface area contributed by atoms with Gasteiger partial charge in [0, 0.05) is 24.6 Å². The van der Waals surface area contributed by atoms with Crippen molar-refractivity contribution in [1.29, 1.82) is 0 Å². The van der Waals surface area contributed by atoms with E-state index in [0.29, 0.717) is 18.4 Å². The van der Waals surface area contributed by atoms with Crippen LogP contribution in [0.1, 0.15) is 54.9 Å². The number of amides is 1. The zero-order valence-corrected chi connectivity index (χ0v) is 13.6. The van der Waals surface area contributed by atoms with E-state index < -0.39 is 4.92 Å². The van der Waals surface area contributed by atoms with Gasteiger partial charge in [0.1, 0.15) is 6.04 Å². The molecule has 1 amide bonds. The minimum atomic E-state index is -0.449. The fraction of sp³-hybridized carbons (Fsp3) is 0.471. The third-order valence-corrected chi connectivity index (χ3v) is 4.76. The Morgan fingerprint density at radius 3 is 2.72 bits per heavy atom. The second kappa shape index (κ2) is 6.27. The Bertz CT molecular complexity index is 797. The lowest BCUT2D eigenvalue weighted by Gasteiger charge is -2.21. The molecule has 130 valence electrons. The molecule has 2 heterocycles. The van der Waals surface area contributed by atoms with E-state index in [1.807, 2.05) is 0 Å². The summed E-state index contributed by atoms with van der Waals surface area (Å²) in [5.41, 5.74) is 0.777. The SMILES string of the molecule is O=C(Cc1ccc([N+](=O)[O-])cc1)N1CCCC1c1nc(C2CC2)no1. The zero-order valence-electron chi connectivity index (χ0n) is 13.6. The first-order valence-electron chi connectivity index (χ1n) is 8.48. The minimum absolute atomic E-state index is 0.0220. The highest BCUT2D eigenvalue weighted by atomic mass is 16.6. The molecule has 2 aromatic rings. The van der Waals surface area contributed by atoms with Crippen molar-refractivity contribution < 1.29 is 14.2 Å². The molecule has 8 nitrogen and oxygen atoms in total. The molecule has 1 aromatic heterocycles. The number of rotatable bonds is 5. The Morgan fingerprint density at radius 1 is 1.28 bits per heavy atom. The summed E-state index contributed by atoms with van der Waals surface area (Å²) < 4.78 is 5.39. The highest BCUT2D eigenvalue weighted by Gasteiger charge is 2.36. The fourth-order valence-corrected chi connectivity index (χ4v) is 3.22. The zero-order chi connectivity index (χ0) is 17.4. The van der Waals surface area contributed by atoms with Gasteiger partial charge in [0.15, 0.2) is 5.82 Å². The molecule has 2 aliphatic rings. The lowest BCUT2D eigenvalue weighted by Crippen LogP contribution is -2.32. The number of hydrogen-bond acceptors (Lipinski definition) is 6. The molecule has 0 N–H and O–H groups in total. The second-order valence-electron chi connectivity index (χ2n) is 6.61. The summed E-state index contributed by atoms with van der Waals surface area (Å²) in [5, 5.41) is 14.7. The van der Waals surface area contributed by atoms with Crippen molar-refractivity contribution in [2.45, 2.75) is 44.1 Å². The van der Waals surface area contributed by atoms with Crippen molar-refractivity contribution >= 4 is 11.6 Å². The number of hydrogen-bond donors (Lipinski definition) is 0. The molecule has 1 saturated carbocycles. The van der Waals surface area contributed by atoms with Crippen LogP contribution in [0.4, 0.5) is 5.69 Å². The molecule has 1 atom stereocenters. The lowest BCUT2D eigenvalue weighted by molar-refractivity contribution is -0.384. The van der Waals surface area contributed by atoms with Gasteiger partial charge in [-0.3, -0.25) is 14.9 Å². The quantitative estimate of drug-likeness (QED) is 0.611. The molecule has 0 spiro atoms. The van der Waals surface area contributed by atoms with Crippen LogP contribution < -0.4 is 0 Å². The van der Waals surface area contributed by atoms with E-state index in [2.05, 4.69) is 10.1 Å². The third-order valence-electron chi connectivity index (χ3n) is 4.76. The van der Waals surface area contributed by atoms with Crippen LogP contribution in [-0.4, -0.2) is 32.4 Å². The molecule has 8 heteroatoms. The molecule has 1 aromatic carbocycles. The summed E-state index contributed by atoms with van der Waals surface area (Å²) in [4.78, 5) is 29.2. The highest BCUT2D eigenvalue weighted by molar-refractivity contribution is 5.79. The van der Waals surface area contributed by atoms with Crippen LogP contribution in [0.5, 0.6) is 0 Å². The number of nitro benzene ring substituents is 1. The number of benzene rings is 1. The van der Waals surface area contributed by atoms with Gasteiger partial charge in [-0.2, -0.15) is 4.98 Å². The summed E-state index contributed by atoms with van der Waals surface area (Å²) in [5.74, 6) is 1.67. The van der Waals surface area contributed by atoms with E-state index in [0.717, 1.165) is 37.1 Å². The van der Waals surface area contributed by atoms with E-state index in [4.69, 9.17) is 4.52 Å². The molecule has 0 radical (unpaired) electrons. The Kier molecular flexibility index (Phi) is 3.95. The van der Waals surface area contributed by atoms with Crippen molar-refractivity contribution in [3.05, 3.63) is 51.7 Å². The molecule has 25 heavy (non-hydrogen) atoms. The first-order chi connectivity index (χ1) is 12.1. The predicted molar refractivity (Wildman–Crippen MR) is 86.8 cm³/mol. The molecule has 1 aliphatic carbocycles. The number of nitro groups is 1. The van der Waals surface area contributed by atoms with E-state index in [1.54, 1.807) is 17.0 Å². The summed E-state index contributed by atoms with van der Waals surface area (Å²) in [6, 6.07) is 5.93. The van der Waals surface area contributed by atoms with Crippen molar-refractivity contribution in [3.63, 3.8) is 0 Å². The largest absolute Gasteiger partial charge is 0.337 e. The maximum atomic E-state index is 12.7. The minimum Gasteiger partial charge on any atom is -0.337 e. The van der Waals surface area contributed by atoms with E-state index >= 15 is 0 Å². The van der Waals surface area contributed by atoms with Crippen LogP contribution in [0.3, 0.4) is 0 Å². The lowest BCUT2D eigenvalue weighted by atomic mass is 10.1. The van der Waals surface area contributed by atoms with Gasteiger partial charge in [-0.15, -0.1) is 0 Å². The average Bonchev–Trinajstić information content (AvgIpc) is 3.14. The summed E-state index contributed by atoms with van der Waals surface area (Å²) in [6.45, 7) is 0.664. The summed E-state index contributed by atoms with van der Waals surface area (Å²) in [6.07, 6.45) is 4.13. The summed E-state index contributed by atoms with van der Waals surface area (Å²) >= 11 is 0. The molecule has 1 saturated heterocycles. The Labute approximate surface area is 144 Å². The number of carbonyl (C=O) groups is 1. The smallest absolute Gasteiger partial charge is 0.269 e. The topological polar surface area (TPSA) is 102 Å². The van der Waals surface area contributed by atoms with Gasteiger partial charge in [-0.25, -0.2) is 0 Å². The summed E-state index contributed by atoms with van der Waals surface area (Å²) in [7, 11) is 0. The van der Waals surface area contributed by atoms with Gasteiger partial charge >= 0.3 is 0 Å². The van der Waals surface area contributed by atoms with Crippen LogP contribution in [-0.2, 0) is 11.2 Å². The van der Waals surface area contributed by atoms with Gasteiger partial charge in [0.25, 0.3) is 5.69 Å². The van der Waals surface area contributed by atoms with Crippen molar-refractivity contribution in [2.24, 2.45) is 0 Å². The van der Waals surface area contributed by atoms with Crippen LogP contribution in [0.15, 0.2) is 28.8 Å². The van der Waals surface area contributed by atoms with Crippen molar-refractivity contribution in [1.82, 2.24) is 15.0 Å². The molecule has 1 aliphatic heterocycles. The Morgan fingerprint density at radius 2 is 2.04 bits per heavy atom. The van der Waals surface area contributed by atoms with Crippen LogP contribution in [0.25, 0.3) is 0 Å². The first kappa shape index (κ1) is 15.7. The normalized spacial score (nSPS) is 20.0. The molecule has 2 fully saturated rings. The molecular weight excluding hydrogens is 324 g/mol. The number of non-ortho nitro benzene ring substituents is 1. The third kappa shape index (κ3) is 3.24. The van der Waals surface area contributed by atoms with E-state index in [1.165, 1.54) is 12.1 Å². The number of likely N-dealkylation sites (tertiary alicyclic amines) is 1. The molecule has 4 rings (SSSR count). The Hall–Kier alpha value is -2.77. The van der Waals surface area contributed by atoms with E-state index in [9.17, 15) is 14.9 Å². The average molecular weight is 342 g/mol. The van der Waals surface area contributed by atoms with Gasteiger partial charge in [-0.1, -0.05) is 17.3 Å². The predicted octanol–water partition coefficient (Wildman–Crippen LogP) is 2.76. The number of nitrogens with zero attached hydrogens (tertiary/aromatic N) is 4. The first-order valence-corrected chi connectivity index (χ1v) is 8.48. The van der Waals surface area contributed by atoms with Crippen molar-refractivity contribution in [2.75, 3.05) is 6.54 Å². The van der Waals surface area contributed by atoms with Gasteiger partial charge in [0.05, 0.1) is 11.3 Å². The van der Waals surface area contributed by atoms with E-state index in [-0.39, 0.29) is 24.1 Å². The molecule has 0 bridgehead atoms. The maximum absolute atomic E-state index is 12.7. The molecule has 1 unspecified atom stereocenters. The standard InChI is InChI=1S/C17H18N4O4/c22-15(10-11-3-7-13(8-4-11)21(23)24)20-9-1-2-14(20)17-18-16(19-25-17)12-5-6-12/h3-4,7-8,12,14H,1-2,5-6,9-10H2. The fourth-order valence-electron chi connectivity index (χ4n) is 3.22. The van der Waals surface area contributed by atoms with Crippen LogP contribution in [0, 0.1) is 10.1 Å². The van der Waals surface area contributed by atoms with Gasteiger partial charge in [0.2, 0.25) is 11.8 Å². The second-order valence-corrected chi connectivity index (χ2v) is 6.61. The van der Waals surface area contributed by atoms with Crippen LogP contribution in [0.2, 0.25) is 0 Å². The number of aromatic nitrogens is 2. The Balaban J connectivity index is 1.45. The molecular formula is C17H18N4O4. The van der Waals surface area contributed by atoms with Crippen LogP contribution >= 0.6 is 0 Å². The van der Waals surface area contributed by atoms with Crippen molar-refractivity contribution in [3.8, 4) is 0 Å². The highest BCUT2D eigenvalue weighted by Crippen LogP contribution is 2.39. The maximum Gasteiger partial charge on any atom is 0.269 e. The van der Waals surface area contributed by atoms with Gasteiger partial charge in [-0.05, 0) is 31.2 Å². The van der Waals surface area contributed by atoms with Gasteiger partial charge < -0.3 is 9.42 Å². The monoisotopic (exact) mass is 342 g/mol. The number of carbonyl (C=O) groups excluding carboxylic acids is 1.